The maximum atomic E-state index is 4.72. The normalized spacial score (nSPS) is 23.5. The highest BCUT2D eigenvalue weighted by atomic mass is 15.2. The van der Waals surface area contributed by atoms with E-state index in [9.17, 15) is 0 Å². The molecule has 1 unspecified atom stereocenters. The quantitative estimate of drug-likeness (QED) is 0.937. The van der Waals surface area contributed by atoms with Crippen LogP contribution >= 0.6 is 0 Å². The maximum Gasteiger partial charge on any atom is 0.114 e. The van der Waals surface area contributed by atoms with Crippen LogP contribution in [-0.2, 0) is 6.42 Å². The number of nitrogens with one attached hydrogen (secondary N) is 1. The number of hydrogen-bond donors (Lipinski definition) is 1. The highest BCUT2D eigenvalue weighted by Gasteiger charge is 2.21. The monoisotopic (exact) mass is 313 g/mol. The van der Waals surface area contributed by atoms with Gasteiger partial charge in [-0.2, -0.15) is 0 Å². The predicted molar refractivity (Wildman–Crippen MR) is 94.2 cm³/mol. The highest BCUT2D eigenvalue weighted by Crippen LogP contribution is 2.22. The molecule has 0 aliphatic carbocycles. The predicted octanol–water partition coefficient (Wildman–Crippen LogP) is 1.77. The molecule has 2 aromatic rings. The van der Waals surface area contributed by atoms with Crippen LogP contribution in [-0.4, -0.2) is 60.1 Å². The Bertz CT molecular complexity index is 658. The summed E-state index contributed by atoms with van der Waals surface area (Å²) in [4.78, 5) is 9.67. The fraction of sp³-hybridized carbons (Fsp3) is 0.611. The van der Waals surface area contributed by atoms with Crippen molar-refractivity contribution in [2.24, 2.45) is 0 Å². The Kier molecular flexibility index (Phi) is 4.23. The van der Waals surface area contributed by atoms with Gasteiger partial charge in [0.25, 0.3) is 0 Å². The Morgan fingerprint density at radius 1 is 1.22 bits per heavy atom. The van der Waals surface area contributed by atoms with Crippen LogP contribution in [0.1, 0.15) is 25.1 Å². The SMILES string of the molecule is CN1CCCCC1Cc1ncc2cc(N3CCNCC3)ccn12. The van der Waals surface area contributed by atoms with Crippen molar-refractivity contribution in [1.82, 2.24) is 19.6 Å². The average Bonchev–Trinajstić information content (AvgIpc) is 3.00. The Morgan fingerprint density at radius 2 is 2.09 bits per heavy atom. The van der Waals surface area contributed by atoms with Crippen molar-refractivity contribution in [3.8, 4) is 0 Å². The second-order valence-corrected chi connectivity index (χ2v) is 6.93. The number of aromatic nitrogens is 2. The third kappa shape index (κ3) is 3.08. The molecule has 5 nitrogen and oxygen atoms in total. The van der Waals surface area contributed by atoms with E-state index in [1.165, 1.54) is 42.8 Å². The molecule has 0 bridgehead atoms. The molecule has 0 radical (unpaired) electrons. The number of piperidine rings is 1. The number of pyridine rings is 1. The average molecular weight is 313 g/mol. The number of hydrogen-bond acceptors (Lipinski definition) is 4. The van der Waals surface area contributed by atoms with Gasteiger partial charge in [0, 0.05) is 50.5 Å². The topological polar surface area (TPSA) is 35.8 Å². The van der Waals surface area contributed by atoms with E-state index in [1.54, 1.807) is 0 Å². The van der Waals surface area contributed by atoms with Gasteiger partial charge in [0.15, 0.2) is 0 Å². The molecule has 124 valence electrons. The zero-order valence-electron chi connectivity index (χ0n) is 14.0. The van der Waals surface area contributed by atoms with Crippen LogP contribution in [0.5, 0.6) is 0 Å². The van der Waals surface area contributed by atoms with Crippen LogP contribution in [0, 0.1) is 0 Å². The van der Waals surface area contributed by atoms with E-state index in [0.717, 1.165) is 32.6 Å². The molecule has 0 amide bonds. The van der Waals surface area contributed by atoms with Crippen molar-refractivity contribution in [2.45, 2.75) is 31.7 Å². The summed E-state index contributed by atoms with van der Waals surface area (Å²) in [5.74, 6) is 1.20. The van der Waals surface area contributed by atoms with E-state index in [1.807, 2.05) is 6.20 Å². The summed E-state index contributed by atoms with van der Waals surface area (Å²) in [5.41, 5.74) is 2.54. The van der Waals surface area contributed by atoms with E-state index in [4.69, 9.17) is 4.98 Å². The summed E-state index contributed by atoms with van der Waals surface area (Å²) in [6.07, 6.45) is 9.28. The first kappa shape index (κ1) is 15.0. The minimum absolute atomic E-state index is 0.641. The minimum Gasteiger partial charge on any atom is -0.369 e. The lowest BCUT2D eigenvalue weighted by Gasteiger charge is -2.32. The van der Waals surface area contributed by atoms with Gasteiger partial charge in [-0.3, -0.25) is 0 Å². The number of anilines is 1. The van der Waals surface area contributed by atoms with Crippen molar-refractivity contribution in [3.05, 3.63) is 30.4 Å². The van der Waals surface area contributed by atoms with Gasteiger partial charge in [-0.1, -0.05) is 6.42 Å². The van der Waals surface area contributed by atoms with Crippen molar-refractivity contribution in [3.63, 3.8) is 0 Å². The fourth-order valence-electron chi connectivity index (χ4n) is 3.93. The van der Waals surface area contributed by atoms with Gasteiger partial charge < -0.3 is 19.5 Å². The molecular weight excluding hydrogens is 286 g/mol. The van der Waals surface area contributed by atoms with E-state index < -0.39 is 0 Å². The van der Waals surface area contributed by atoms with Crippen molar-refractivity contribution in [2.75, 3.05) is 44.7 Å². The summed E-state index contributed by atoms with van der Waals surface area (Å²) in [6, 6.07) is 5.17. The molecule has 5 heteroatoms. The number of likely N-dealkylation sites (N-methyl/N-ethyl adjacent to an activating group) is 1. The molecule has 2 aromatic heterocycles. The van der Waals surface area contributed by atoms with Crippen LogP contribution in [0.15, 0.2) is 24.5 Å². The molecule has 0 saturated carbocycles. The third-order valence-corrected chi connectivity index (χ3v) is 5.41. The van der Waals surface area contributed by atoms with Crippen molar-refractivity contribution in [1.29, 1.82) is 0 Å². The van der Waals surface area contributed by atoms with Gasteiger partial charge in [0.2, 0.25) is 0 Å². The summed E-state index contributed by atoms with van der Waals surface area (Å²) >= 11 is 0. The number of rotatable bonds is 3. The van der Waals surface area contributed by atoms with Crippen molar-refractivity contribution >= 4 is 11.2 Å². The van der Waals surface area contributed by atoms with Gasteiger partial charge in [0.1, 0.15) is 5.82 Å². The molecule has 2 aliphatic rings. The fourth-order valence-corrected chi connectivity index (χ4v) is 3.93. The third-order valence-electron chi connectivity index (χ3n) is 5.41. The second-order valence-electron chi connectivity index (χ2n) is 6.93. The first-order chi connectivity index (χ1) is 11.3. The minimum atomic E-state index is 0.641. The first-order valence-corrected chi connectivity index (χ1v) is 8.93. The molecule has 4 rings (SSSR count). The van der Waals surface area contributed by atoms with Crippen LogP contribution in [0.3, 0.4) is 0 Å². The molecule has 2 saturated heterocycles. The Hall–Kier alpha value is -1.59. The number of piperazine rings is 1. The molecule has 2 fully saturated rings. The Labute approximate surface area is 138 Å². The van der Waals surface area contributed by atoms with Crippen LogP contribution in [0.25, 0.3) is 5.52 Å². The summed E-state index contributed by atoms with van der Waals surface area (Å²) in [5, 5.41) is 3.41. The smallest absolute Gasteiger partial charge is 0.114 e. The molecule has 0 aromatic carbocycles. The zero-order valence-corrected chi connectivity index (χ0v) is 14.0. The van der Waals surface area contributed by atoms with Gasteiger partial charge in [0.05, 0.1) is 11.7 Å². The largest absolute Gasteiger partial charge is 0.369 e. The number of likely N-dealkylation sites (tertiary alicyclic amines) is 1. The Morgan fingerprint density at radius 3 is 2.91 bits per heavy atom. The molecule has 4 heterocycles. The molecule has 1 atom stereocenters. The second kappa shape index (κ2) is 6.49. The summed E-state index contributed by atoms with van der Waals surface area (Å²) < 4.78 is 2.27. The molecular formula is C18H27N5. The molecule has 1 N–H and O–H groups in total. The summed E-state index contributed by atoms with van der Waals surface area (Å²) in [6.45, 7) is 5.54. The van der Waals surface area contributed by atoms with E-state index in [0.29, 0.717) is 6.04 Å². The lowest BCUT2D eigenvalue weighted by atomic mass is 10.00. The number of imidazole rings is 1. The van der Waals surface area contributed by atoms with Gasteiger partial charge in [-0.25, -0.2) is 4.98 Å². The molecule has 2 aliphatic heterocycles. The maximum absolute atomic E-state index is 4.72. The van der Waals surface area contributed by atoms with Crippen LogP contribution < -0.4 is 10.2 Å². The van der Waals surface area contributed by atoms with Crippen LogP contribution in [0.2, 0.25) is 0 Å². The Balaban J connectivity index is 1.55. The molecule has 23 heavy (non-hydrogen) atoms. The highest BCUT2D eigenvalue weighted by molar-refractivity contribution is 5.59. The molecule has 0 spiro atoms. The zero-order chi connectivity index (χ0) is 15.6. The first-order valence-electron chi connectivity index (χ1n) is 8.93. The number of fused-ring (bicyclic) bond motifs is 1. The standard InChI is InChI=1S/C18H27N5/c1-21-8-3-2-4-15(21)13-18-20-14-17-12-16(5-9-23(17)18)22-10-6-19-7-11-22/h5,9,12,14-15,19H,2-4,6-8,10-11,13H2,1H3. The lowest BCUT2D eigenvalue weighted by molar-refractivity contribution is 0.182. The number of nitrogens with zero attached hydrogens (tertiary/aromatic N) is 4. The van der Waals surface area contributed by atoms with Gasteiger partial charge in [-0.15, -0.1) is 0 Å². The van der Waals surface area contributed by atoms with Crippen LogP contribution in [0.4, 0.5) is 5.69 Å². The summed E-state index contributed by atoms with van der Waals surface area (Å²) in [7, 11) is 2.25. The van der Waals surface area contributed by atoms with E-state index in [2.05, 4.69) is 44.9 Å². The van der Waals surface area contributed by atoms with Gasteiger partial charge in [-0.05, 0) is 38.6 Å². The van der Waals surface area contributed by atoms with Crippen molar-refractivity contribution < 1.29 is 0 Å². The van der Waals surface area contributed by atoms with E-state index >= 15 is 0 Å². The van der Waals surface area contributed by atoms with Gasteiger partial charge >= 0.3 is 0 Å². The lowest BCUT2D eigenvalue weighted by Crippen LogP contribution is -2.43. The van der Waals surface area contributed by atoms with E-state index in [-0.39, 0.29) is 0 Å².